The molecular formula is C26H23NO6S. The first-order chi connectivity index (χ1) is 16.5. The first-order valence-electron chi connectivity index (χ1n) is 10.7. The highest BCUT2D eigenvalue weighted by Gasteiger charge is 2.36. The number of hydrogen-bond acceptors (Lipinski definition) is 7. The van der Waals surface area contributed by atoms with Gasteiger partial charge in [-0.2, -0.15) is 0 Å². The summed E-state index contributed by atoms with van der Waals surface area (Å²) in [7, 11) is 1.54. The second kappa shape index (κ2) is 10.4. The molecule has 0 atom stereocenters. The molecule has 1 fully saturated rings. The van der Waals surface area contributed by atoms with E-state index in [0.717, 1.165) is 33.0 Å². The van der Waals surface area contributed by atoms with E-state index < -0.39 is 23.7 Å². The Morgan fingerprint density at radius 1 is 1.03 bits per heavy atom. The SMILES string of the molecule is CCOC(=O)CN1C(=O)S/C(=C\c2cccc(OC)c2OCc2cccc3ccccc23)C1=O. The number of thioether (sulfide) groups is 1. The number of hydrogen-bond donors (Lipinski definition) is 0. The summed E-state index contributed by atoms with van der Waals surface area (Å²) >= 11 is 0.770. The minimum Gasteiger partial charge on any atom is -0.493 e. The molecule has 8 heteroatoms. The lowest BCUT2D eigenvalue weighted by Gasteiger charge is -2.15. The molecule has 0 N–H and O–H groups in total. The van der Waals surface area contributed by atoms with Gasteiger partial charge in [0.25, 0.3) is 11.1 Å². The second-order valence-electron chi connectivity index (χ2n) is 7.38. The quantitative estimate of drug-likeness (QED) is 0.333. The van der Waals surface area contributed by atoms with E-state index in [9.17, 15) is 14.4 Å². The maximum Gasteiger partial charge on any atom is 0.326 e. The summed E-state index contributed by atoms with van der Waals surface area (Å²) in [6.45, 7) is 1.70. The minimum atomic E-state index is -0.633. The van der Waals surface area contributed by atoms with Gasteiger partial charge in [0.2, 0.25) is 0 Å². The molecule has 0 aliphatic carbocycles. The Kier molecular flexibility index (Phi) is 7.18. The van der Waals surface area contributed by atoms with Gasteiger partial charge >= 0.3 is 5.97 Å². The molecule has 0 bridgehead atoms. The molecule has 3 aromatic carbocycles. The van der Waals surface area contributed by atoms with Gasteiger partial charge in [0, 0.05) is 5.56 Å². The lowest BCUT2D eigenvalue weighted by atomic mass is 10.1. The Morgan fingerprint density at radius 3 is 2.59 bits per heavy atom. The van der Waals surface area contributed by atoms with Crippen LogP contribution in [0.2, 0.25) is 0 Å². The molecule has 1 heterocycles. The number of ether oxygens (including phenoxy) is 3. The van der Waals surface area contributed by atoms with Crippen LogP contribution in [0.15, 0.2) is 65.6 Å². The van der Waals surface area contributed by atoms with Crippen molar-refractivity contribution in [3.8, 4) is 11.5 Å². The van der Waals surface area contributed by atoms with E-state index in [1.54, 1.807) is 31.2 Å². The van der Waals surface area contributed by atoms with Crippen LogP contribution in [0.1, 0.15) is 18.1 Å². The standard InChI is InChI=1S/C26H23NO6S/c1-3-32-23(28)15-27-25(29)22(34-26(27)30)14-18-10-7-13-21(31-2)24(18)33-16-19-11-6-9-17-8-4-5-12-20(17)19/h4-14H,3,15-16H2,1-2H3/b22-14-. The van der Waals surface area contributed by atoms with E-state index in [1.165, 1.54) is 7.11 Å². The zero-order chi connectivity index (χ0) is 24.1. The number of carbonyl (C=O) groups excluding carboxylic acids is 3. The second-order valence-corrected chi connectivity index (χ2v) is 8.37. The van der Waals surface area contributed by atoms with E-state index in [0.29, 0.717) is 17.1 Å². The fourth-order valence-electron chi connectivity index (χ4n) is 3.64. The third-order valence-electron chi connectivity index (χ3n) is 5.23. The van der Waals surface area contributed by atoms with Crippen LogP contribution >= 0.6 is 11.8 Å². The van der Waals surface area contributed by atoms with E-state index in [2.05, 4.69) is 0 Å². The third-order valence-corrected chi connectivity index (χ3v) is 6.14. The van der Waals surface area contributed by atoms with Crippen molar-refractivity contribution < 1.29 is 28.6 Å². The Balaban J connectivity index is 1.61. The molecule has 1 aliphatic rings. The van der Waals surface area contributed by atoms with E-state index in [1.807, 2.05) is 42.5 Å². The summed E-state index contributed by atoms with van der Waals surface area (Å²) < 4.78 is 16.5. The number of carbonyl (C=O) groups is 3. The Bertz CT molecular complexity index is 1280. The average Bonchev–Trinajstić information content (AvgIpc) is 3.10. The van der Waals surface area contributed by atoms with E-state index >= 15 is 0 Å². The van der Waals surface area contributed by atoms with Gasteiger partial charge in [-0.25, -0.2) is 0 Å². The molecule has 2 amide bonds. The molecule has 0 aromatic heterocycles. The van der Waals surface area contributed by atoms with Crippen LogP contribution in [-0.4, -0.2) is 42.3 Å². The number of amides is 2. The Labute approximate surface area is 201 Å². The minimum absolute atomic E-state index is 0.173. The maximum absolute atomic E-state index is 12.8. The topological polar surface area (TPSA) is 82.1 Å². The van der Waals surface area contributed by atoms with Gasteiger partial charge in [0.15, 0.2) is 11.5 Å². The number of benzene rings is 3. The van der Waals surface area contributed by atoms with Crippen LogP contribution in [0, 0.1) is 0 Å². The zero-order valence-electron chi connectivity index (χ0n) is 18.8. The fraction of sp³-hybridized carbons (Fsp3) is 0.192. The summed E-state index contributed by atoms with van der Waals surface area (Å²) in [5, 5.41) is 1.67. The summed E-state index contributed by atoms with van der Waals surface area (Å²) in [5.74, 6) is -0.229. The number of rotatable bonds is 8. The van der Waals surface area contributed by atoms with Crippen LogP contribution < -0.4 is 9.47 Å². The van der Waals surface area contributed by atoms with Crippen molar-refractivity contribution in [2.45, 2.75) is 13.5 Å². The first-order valence-corrected chi connectivity index (χ1v) is 11.5. The molecule has 0 radical (unpaired) electrons. The molecule has 0 unspecified atom stereocenters. The number of nitrogens with zero attached hydrogens (tertiary/aromatic N) is 1. The van der Waals surface area contributed by atoms with Crippen LogP contribution in [0.25, 0.3) is 16.8 Å². The van der Waals surface area contributed by atoms with Gasteiger partial charge in [-0.1, -0.05) is 54.6 Å². The van der Waals surface area contributed by atoms with E-state index in [4.69, 9.17) is 14.2 Å². The number of methoxy groups -OCH3 is 1. The van der Waals surface area contributed by atoms with Crippen molar-refractivity contribution in [3.05, 3.63) is 76.7 Å². The van der Waals surface area contributed by atoms with Crippen molar-refractivity contribution >= 4 is 45.7 Å². The van der Waals surface area contributed by atoms with Crippen molar-refractivity contribution in [1.82, 2.24) is 4.90 Å². The smallest absolute Gasteiger partial charge is 0.326 e. The molecule has 0 saturated carbocycles. The van der Waals surface area contributed by atoms with Crippen molar-refractivity contribution in [3.63, 3.8) is 0 Å². The molecule has 174 valence electrons. The van der Waals surface area contributed by atoms with Gasteiger partial charge in [-0.15, -0.1) is 0 Å². The average molecular weight is 478 g/mol. The van der Waals surface area contributed by atoms with Crippen molar-refractivity contribution in [2.75, 3.05) is 20.3 Å². The van der Waals surface area contributed by atoms with E-state index in [-0.39, 0.29) is 18.1 Å². The lowest BCUT2D eigenvalue weighted by molar-refractivity contribution is -0.145. The van der Waals surface area contributed by atoms with Gasteiger partial charge in [0.1, 0.15) is 13.2 Å². The molecule has 1 aliphatic heterocycles. The van der Waals surface area contributed by atoms with Crippen LogP contribution in [-0.2, 0) is 20.9 Å². The monoisotopic (exact) mass is 477 g/mol. The number of fused-ring (bicyclic) bond motifs is 1. The highest BCUT2D eigenvalue weighted by molar-refractivity contribution is 8.18. The summed E-state index contributed by atoms with van der Waals surface area (Å²) in [5.41, 5.74) is 1.59. The Morgan fingerprint density at radius 2 is 1.79 bits per heavy atom. The van der Waals surface area contributed by atoms with Gasteiger partial charge < -0.3 is 14.2 Å². The predicted molar refractivity (Wildman–Crippen MR) is 131 cm³/mol. The lowest BCUT2D eigenvalue weighted by Crippen LogP contribution is -2.34. The summed E-state index contributed by atoms with van der Waals surface area (Å²) in [6.07, 6.45) is 1.58. The van der Waals surface area contributed by atoms with Crippen LogP contribution in [0.4, 0.5) is 4.79 Å². The van der Waals surface area contributed by atoms with Crippen molar-refractivity contribution in [1.29, 1.82) is 0 Å². The van der Waals surface area contributed by atoms with Gasteiger partial charge in [0.05, 0.1) is 18.6 Å². The fourth-order valence-corrected chi connectivity index (χ4v) is 4.47. The third kappa shape index (κ3) is 4.92. The molecule has 4 rings (SSSR count). The normalized spacial score (nSPS) is 14.6. The number of para-hydroxylation sites is 1. The summed E-state index contributed by atoms with van der Waals surface area (Å²) in [6, 6.07) is 19.4. The predicted octanol–water partition coefficient (Wildman–Crippen LogP) is 5.03. The summed E-state index contributed by atoms with van der Waals surface area (Å²) in [4.78, 5) is 38.0. The largest absolute Gasteiger partial charge is 0.493 e. The van der Waals surface area contributed by atoms with Crippen LogP contribution in [0.5, 0.6) is 11.5 Å². The Hall–Kier alpha value is -3.78. The van der Waals surface area contributed by atoms with Gasteiger partial charge in [-0.3, -0.25) is 19.3 Å². The highest BCUT2D eigenvalue weighted by atomic mass is 32.2. The zero-order valence-corrected chi connectivity index (χ0v) is 19.6. The molecule has 1 saturated heterocycles. The maximum atomic E-state index is 12.8. The molecule has 7 nitrogen and oxygen atoms in total. The van der Waals surface area contributed by atoms with Crippen LogP contribution in [0.3, 0.4) is 0 Å². The molecular weight excluding hydrogens is 454 g/mol. The van der Waals surface area contributed by atoms with Crippen molar-refractivity contribution in [2.24, 2.45) is 0 Å². The highest BCUT2D eigenvalue weighted by Crippen LogP contribution is 2.38. The van der Waals surface area contributed by atoms with Gasteiger partial charge in [-0.05, 0) is 47.2 Å². The number of imide groups is 1. The molecule has 0 spiro atoms. The number of esters is 1. The molecule has 34 heavy (non-hydrogen) atoms. The molecule has 3 aromatic rings. The first kappa shape index (κ1) is 23.4.